The lowest BCUT2D eigenvalue weighted by atomic mass is 9.85. The number of phosphoric acid groups is 1. The number of carbonyl (C=O) groups is 2. The highest BCUT2D eigenvalue weighted by Gasteiger charge is 2.51. The maximum Gasteiger partial charge on any atom is 0.472 e. The third-order valence-electron chi connectivity index (χ3n) is 10.9. The molecule has 0 bridgehead atoms. The molecule has 0 aliphatic heterocycles. The van der Waals surface area contributed by atoms with Crippen molar-refractivity contribution >= 4 is 19.8 Å². The number of ether oxygens (including phenoxy) is 2. The van der Waals surface area contributed by atoms with Gasteiger partial charge in [0.2, 0.25) is 0 Å². The van der Waals surface area contributed by atoms with Gasteiger partial charge in [0.1, 0.15) is 43.2 Å². The number of aliphatic hydroxyl groups excluding tert-OH is 7. The molecule has 0 aromatic rings. The van der Waals surface area contributed by atoms with Crippen molar-refractivity contribution in [1.82, 2.24) is 0 Å². The Morgan fingerprint density at radius 1 is 0.567 bits per heavy atom. The van der Waals surface area contributed by atoms with Crippen LogP contribution in [0.5, 0.6) is 0 Å². The van der Waals surface area contributed by atoms with Gasteiger partial charge in [-0.3, -0.25) is 18.6 Å². The Hall–Kier alpha value is -3.05. The van der Waals surface area contributed by atoms with Gasteiger partial charge in [-0.2, -0.15) is 0 Å². The summed E-state index contributed by atoms with van der Waals surface area (Å²) >= 11 is 0. The fraction of sp³-hybridized carbons (Fsp3) is 0.686. The summed E-state index contributed by atoms with van der Waals surface area (Å²) in [6, 6.07) is 0. The highest BCUT2D eigenvalue weighted by Crippen LogP contribution is 2.47. The van der Waals surface area contributed by atoms with Crippen LogP contribution >= 0.6 is 7.82 Å². The molecular formula is C51H85O15P. The smallest absolute Gasteiger partial charge is 0.462 e. The number of rotatable bonds is 39. The van der Waals surface area contributed by atoms with Crippen molar-refractivity contribution in [3.8, 4) is 0 Å². The standard InChI is InChI=1S/C51H85O15P/c1-3-5-7-8-9-10-11-12-13-14-15-16-17-18-22-25-31-37-44(54)63-39-43(40-64-67(61,62)66-51-49(59)47(57)46(56)48(58)50(51)60)65-45(55)38-32-26-30-36-42(53)35-29-24-21-19-20-23-28-34-41(52)33-27-6-4-2/h6,12-13,20-21,23-24,27-30,34-36,41-43,46-53,56-60H,3-5,7-11,14-19,22,25-26,31-33,37-40H2,1-2H3,(H,61,62)/b13-12-,23-20-,24-21-,27-6-,34-28+,35-29+,36-30-/t41-,42-,43+,46?,47-,48+,49+,50+,51?/m0/s1. The van der Waals surface area contributed by atoms with Crippen LogP contribution in [0.15, 0.2) is 85.1 Å². The van der Waals surface area contributed by atoms with Crippen LogP contribution in [0.2, 0.25) is 0 Å². The van der Waals surface area contributed by atoms with E-state index in [0.29, 0.717) is 32.1 Å². The zero-order valence-corrected chi connectivity index (χ0v) is 41.0. The molecule has 0 aromatic carbocycles. The summed E-state index contributed by atoms with van der Waals surface area (Å²) in [6.07, 6.45) is 31.2. The van der Waals surface area contributed by atoms with E-state index in [1.807, 2.05) is 37.3 Å². The Bertz CT molecular complexity index is 1530. The van der Waals surface area contributed by atoms with Crippen LogP contribution in [0.25, 0.3) is 0 Å². The van der Waals surface area contributed by atoms with Crippen LogP contribution in [0.3, 0.4) is 0 Å². The minimum Gasteiger partial charge on any atom is -0.462 e. The normalized spacial score (nSPS) is 22.8. The molecule has 1 fully saturated rings. The summed E-state index contributed by atoms with van der Waals surface area (Å²) in [5.74, 6) is -1.29. The third-order valence-corrected chi connectivity index (χ3v) is 11.9. The molecule has 0 saturated heterocycles. The first-order chi connectivity index (χ1) is 32.2. The zero-order chi connectivity index (χ0) is 49.5. The Morgan fingerprint density at radius 3 is 1.72 bits per heavy atom. The first-order valence-corrected chi connectivity index (χ1v) is 26.1. The van der Waals surface area contributed by atoms with Crippen molar-refractivity contribution in [2.75, 3.05) is 13.2 Å². The SMILES string of the molecule is CC/C=C\C[C@H](O)/C=C/C=C\C/C=C\C=C\[C@H](O)/C=C\CCCC(=O)O[C@H](COC(=O)CCCCCCCCC/C=C\CCCCCCCC)COP(=O)(O)OC1[C@H](O)[C@H](O)C(O)[C@H](O)[C@H]1O. The molecule has 0 radical (unpaired) electrons. The molecule has 67 heavy (non-hydrogen) atoms. The quantitative estimate of drug-likeness (QED) is 0.00956. The molecule has 1 rings (SSSR count). The van der Waals surface area contributed by atoms with Crippen LogP contribution < -0.4 is 0 Å². The maximum absolute atomic E-state index is 12.8. The van der Waals surface area contributed by atoms with Gasteiger partial charge in [-0.05, 0) is 64.2 Å². The molecule has 0 aromatic heterocycles. The fourth-order valence-electron chi connectivity index (χ4n) is 6.90. The minimum absolute atomic E-state index is 0.0944. The van der Waals surface area contributed by atoms with Gasteiger partial charge in [0.05, 0.1) is 18.8 Å². The van der Waals surface area contributed by atoms with E-state index in [1.165, 1.54) is 38.5 Å². The number of unbranched alkanes of at least 4 members (excludes halogenated alkanes) is 14. The van der Waals surface area contributed by atoms with Crippen LogP contribution in [0.4, 0.5) is 0 Å². The van der Waals surface area contributed by atoms with E-state index in [4.69, 9.17) is 18.5 Å². The van der Waals surface area contributed by atoms with Gasteiger partial charge in [0.25, 0.3) is 0 Å². The van der Waals surface area contributed by atoms with Crippen molar-refractivity contribution in [2.24, 2.45) is 0 Å². The lowest BCUT2D eigenvalue weighted by Gasteiger charge is -2.41. The first kappa shape index (κ1) is 62.0. The topological polar surface area (TPSA) is 250 Å². The lowest BCUT2D eigenvalue weighted by Crippen LogP contribution is -2.64. The van der Waals surface area contributed by atoms with Gasteiger partial charge in [0, 0.05) is 12.8 Å². The summed E-state index contributed by atoms with van der Waals surface area (Å²) < 4.78 is 33.4. The summed E-state index contributed by atoms with van der Waals surface area (Å²) in [7, 11) is -5.18. The zero-order valence-electron chi connectivity index (χ0n) is 40.1. The lowest BCUT2D eigenvalue weighted by molar-refractivity contribution is -0.220. The number of hydrogen-bond acceptors (Lipinski definition) is 14. The molecule has 1 saturated carbocycles. The molecule has 0 spiro atoms. The molecule has 16 heteroatoms. The summed E-state index contributed by atoms with van der Waals surface area (Å²) in [6.45, 7) is 2.94. The van der Waals surface area contributed by atoms with Gasteiger partial charge >= 0.3 is 19.8 Å². The van der Waals surface area contributed by atoms with Crippen LogP contribution in [-0.2, 0) is 32.7 Å². The summed E-state index contributed by atoms with van der Waals surface area (Å²) in [4.78, 5) is 35.8. The number of aliphatic hydroxyl groups is 7. The van der Waals surface area contributed by atoms with Crippen LogP contribution in [0.1, 0.15) is 155 Å². The number of carbonyl (C=O) groups excluding carboxylic acids is 2. The van der Waals surface area contributed by atoms with Crippen molar-refractivity contribution in [1.29, 1.82) is 0 Å². The largest absolute Gasteiger partial charge is 0.472 e. The van der Waals surface area contributed by atoms with E-state index >= 15 is 0 Å². The molecule has 0 heterocycles. The van der Waals surface area contributed by atoms with Crippen molar-refractivity contribution in [2.45, 2.75) is 210 Å². The Balaban J connectivity index is 2.55. The van der Waals surface area contributed by atoms with E-state index in [2.05, 4.69) is 19.1 Å². The van der Waals surface area contributed by atoms with Gasteiger partial charge in [-0.15, -0.1) is 0 Å². The van der Waals surface area contributed by atoms with E-state index < -0.39 is 87.9 Å². The Labute approximate surface area is 400 Å². The number of hydrogen-bond donors (Lipinski definition) is 8. The van der Waals surface area contributed by atoms with Crippen molar-refractivity contribution in [3.05, 3.63) is 85.1 Å². The van der Waals surface area contributed by atoms with Gasteiger partial charge < -0.3 is 50.1 Å². The van der Waals surface area contributed by atoms with E-state index in [1.54, 1.807) is 42.5 Å². The minimum atomic E-state index is -5.18. The average molecular weight is 969 g/mol. The van der Waals surface area contributed by atoms with Crippen LogP contribution in [0, 0.1) is 0 Å². The first-order valence-electron chi connectivity index (χ1n) is 24.6. The highest BCUT2D eigenvalue weighted by molar-refractivity contribution is 7.47. The van der Waals surface area contributed by atoms with E-state index in [0.717, 1.165) is 57.8 Å². The number of esters is 2. The molecule has 15 nitrogen and oxygen atoms in total. The molecule has 1 aliphatic carbocycles. The average Bonchev–Trinajstić information content (AvgIpc) is 3.30. The summed E-state index contributed by atoms with van der Waals surface area (Å²) in [5, 5.41) is 70.3. The Kier molecular flexibility index (Phi) is 36.8. The van der Waals surface area contributed by atoms with Gasteiger partial charge in [-0.25, -0.2) is 4.57 Å². The molecule has 1 aliphatic rings. The number of phosphoric ester groups is 1. The molecule has 0 amide bonds. The monoisotopic (exact) mass is 969 g/mol. The molecule has 384 valence electrons. The molecule has 3 unspecified atom stereocenters. The van der Waals surface area contributed by atoms with Crippen molar-refractivity contribution in [3.63, 3.8) is 0 Å². The molecule has 10 atom stereocenters. The second-order valence-electron chi connectivity index (χ2n) is 17.0. The highest BCUT2D eigenvalue weighted by atomic mass is 31.2. The van der Waals surface area contributed by atoms with Crippen LogP contribution in [-0.4, -0.2) is 121 Å². The maximum atomic E-state index is 12.8. The van der Waals surface area contributed by atoms with Gasteiger partial charge in [-0.1, -0.05) is 163 Å². The van der Waals surface area contributed by atoms with Gasteiger partial charge in [0.15, 0.2) is 6.10 Å². The fourth-order valence-corrected chi connectivity index (χ4v) is 7.88. The predicted molar refractivity (Wildman–Crippen MR) is 260 cm³/mol. The van der Waals surface area contributed by atoms with E-state index in [9.17, 15) is 54.8 Å². The summed E-state index contributed by atoms with van der Waals surface area (Å²) in [5.41, 5.74) is 0. The third kappa shape index (κ3) is 32.4. The van der Waals surface area contributed by atoms with E-state index in [-0.39, 0.29) is 12.8 Å². The Morgan fingerprint density at radius 2 is 1.10 bits per heavy atom. The number of allylic oxidation sites excluding steroid dienone is 10. The van der Waals surface area contributed by atoms with Crippen molar-refractivity contribution < 1.29 is 73.3 Å². The second kappa shape index (κ2) is 39.8. The second-order valence-corrected chi connectivity index (χ2v) is 18.4. The molecule has 8 N–H and O–H groups in total. The molecular weight excluding hydrogens is 884 g/mol. The predicted octanol–water partition coefficient (Wildman–Crippen LogP) is 8.00.